The van der Waals surface area contributed by atoms with E-state index in [1.807, 2.05) is 0 Å². The molecule has 0 aliphatic carbocycles. The Bertz CT molecular complexity index is 1140. The molecule has 0 saturated carbocycles. The Hall–Kier alpha value is -4.08. The van der Waals surface area contributed by atoms with E-state index in [0.29, 0.717) is 11.4 Å². The van der Waals surface area contributed by atoms with Crippen molar-refractivity contribution in [2.75, 3.05) is 10.3 Å². The van der Waals surface area contributed by atoms with Gasteiger partial charge >= 0.3 is 5.97 Å². The highest BCUT2D eigenvalue weighted by Crippen LogP contribution is 2.29. The Morgan fingerprint density at radius 3 is 2.38 bits per heavy atom. The van der Waals surface area contributed by atoms with E-state index < -0.39 is 22.7 Å². The molecule has 0 bridgehead atoms. The van der Waals surface area contributed by atoms with E-state index in [1.54, 1.807) is 26.8 Å². The molecule has 0 radical (unpaired) electrons. The summed E-state index contributed by atoms with van der Waals surface area (Å²) in [5.74, 6) is -2.46. The molecule has 10 heteroatoms. The maximum absolute atomic E-state index is 12.8. The van der Waals surface area contributed by atoms with E-state index in [2.05, 4.69) is 10.4 Å². The van der Waals surface area contributed by atoms with Crippen molar-refractivity contribution in [3.05, 3.63) is 63.2 Å². The number of hydrazone groups is 1. The smallest absolute Gasteiger partial charge is 0.335 e. The number of nitrogens with one attached hydrogen (secondary N) is 1. The lowest BCUT2D eigenvalue weighted by Crippen LogP contribution is -2.28. The lowest BCUT2D eigenvalue weighted by atomic mass is 9.98. The third kappa shape index (κ3) is 4.64. The number of carbonyl (C=O) groups is 3. The summed E-state index contributed by atoms with van der Waals surface area (Å²) in [7, 11) is 0. The molecule has 0 aromatic heterocycles. The number of benzene rings is 2. The molecule has 0 fully saturated rings. The van der Waals surface area contributed by atoms with E-state index in [4.69, 9.17) is 5.11 Å². The molecule has 3 rings (SSSR count). The average Bonchev–Trinajstić information content (AvgIpc) is 3.02. The number of amides is 2. The maximum Gasteiger partial charge on any atom is 0.335 e. The van der Waals surface area contributed by atoms with Crippen molar-refractivity contribution >= 4 is 40.6 Å². The largest absolute Gasteiger partial charge is 0.478 e. The minimum Gasteiger partial charge on any atom is -0.478 e. The number of hydrogen-bond donors (Lipinski definition) is 2. The minimum absolute atomic E-state index is 0.0286. The van der Waals surface area contributed by atoms with Gasteiger partial charge in [-0.25, -0.2) is 9.80 Å². The zero-order valence-electron chi connectivity index (χ0n) is 17.8. The van der Waals surface area contributed by atoms with Crippen LogP contribution < -0.4 is 10.3 Å². The Morgan fingerprint density at radius 1 is 1.16 bits per heavy atom. The number of carbonyl (C=O) groups excluding carboxylic acids is 2. The molecular weight excluding hydrogens is 416 g/mol. The van der Waals surface area contributed by atoms with Crippen LogP contribution in [0.15, 0.2) is 41.5 Å². The number of carboxylic acid groups (broad SMARTS) is 1. The van der Waals surface area contributed by atoms with Gasteiger partial charge in [0.25, 0.3) is 11.6 Å². The molecular formula is C22H22N4O6. The molecule has 1 unspecified atom stereocenters. The summed E-state index contributed by atoms with van der Waals surface area (Å²) in [6.07, 6.45) is 0.154. The van der Waals surface area contributed by atoms with Crippen LogP contribution >= 0.6 is 0 Å². The molecule has 0 saturated heterocycles. The maximum atomic E-state index is 12.8. The van der Waals surface area contributed by atoms with Crippen molar-refractivity contribution in [2.45, 2.75) is 33.6 Å². The van der Waals surface area contributed by atoms with Crippen LogP contribution in [-0.2, 0) is 9.59 Å². The van der Waals surface area contributed by atoms with Crippen molar-refractivity contribution in [1.82, 2.24) is 0 Å². The first-order valence-electron chi connectivity index (χ1n) is 9.86. The number of anilines is 2. The molecule has 0 spiro atoms. The first-order chi connectivity index (χ1) is 15.1. The fourth-order valence-electron chi connectivity index (χ4n) is 3.41. The number of hydrogen-bond acceptors (Lipinski definition) is 6. The highest BCUT2D eigenvalue weighted by atomic mass is 16.6. The molecule has 2 amide bonds. The Balaban J connectivity index is 1.66. The molecule has 2 aromatic rings. The Labute approximate surface area is 183 Å². The van der Waals surface area contributed by atoms with Gasteiger partial charge in [-0.3, -0.25) is 19.7 Å². The molecule has 1 atom stereocenters. The van der Waals surface area contributed by atoms with Crippen LogP contribution in [0.1, 0.15) is 41.3 Å². The monoisotopic (exact) mass is 438 g/mol. The lowest BCUT2D eigenvalue weighted by Gasteiger charge is -2.14. The number of nitrogens with zero attached hydrogens (tertiary/aromatic N) is 3. The molecule has 166 valence electrons. The quantitative estimate of drug-likeness (QED) is 0.499. The molecule has 2 aromatic carbocycles. The molecule has 1 aliphatic heterocycles. The molecule has 1 aliphatic rings. The Kier molecular flexibility index (Phi) is 6.33. The fourth-order valence-corrected chi connectivity index (χ4v) is 3.41. The van der Waals surface area contributed by atoms with Crippen molar-refractivity contribution < 1.29 is 24.4 Å². The standard InChI is InChI=1S/C22H22N4O6/c1-12-10-18(19(26(31)32)11-13(12)2)23-20(27)9-8-17-14(3)24-25(21(17)28)16-6-4-15(5-7-16)22(29)30/h4-7,10-11,17H,8-9H2,1-3H3,(H,23,27)(H,29,30). The van der Waals surface area contributed by atoms with Crippen molar-refractivity contribution in [3.8, 4) is 0 Å². The topological polar surface area (TPSA) is 142 Å². The zero-order chi connectivity index (χ0) is 23.6. The van der Waals surface area contributed by atoms with E-state index in [0.717, 1.165) is 11.1 Å². The van der Waals surface area contributed by atoms with Gasteiger partial charge in [-0.15, -0.1) is 0 Å². The number of rotatable bonds is 7. The Morgan fingerprint density at radius 2 is 1.78 bits per heavy atom. The summed E-state index contributed by atoms with van der Waals surface area (Å²) in [4.78, 5) is 47.0. The molecule has 1 heterocycles. The van der Waals surface area contributed by atoms with Gasteiger partial charge in [0, 0.05) is 18.2 Å². The summed E-state index contributed by atoms with van der Waals surface area (Å²) < 4.78 is 0. The van der Waals surface area contributed by atoms with Gasteiger partial charge in [-0.05, 0) is 68.7 Å². The summed E-state index contributed by atoms with van der Waals surface area (Å²) in [5, 5.41) is 28.3. The third-order valence-corrected chi connectivity index (χ3v) is 5.37. The first-order valence-corrected chi connectivity index (χ1v) is 9.86. The van der Waals surface area contributed by atoms with Crippen molar-refractivity contribution in [2.24, 2.45) is 11.0 Å². The van der Waals surface area contributed by atoms with Crippen LogP contribution in [0, 0.1) is 29.9 Å². The second kappa shape index (κ2) is 8.96. The number of carboxylic acids is 1. The number of nitro benzene ring substituents is 1. The van der Waals surface area contributed by atoms with Gasteiger partial charge in [0.05, 0.1) is 22.1 Å². The van der Waals surface area contributed by atoms with E-state index in [9.17, 15) is 24.5 Å². The number of aryl methyl sites for hydroxylation is 2. The summed E-state index contributed by atoms with van der Waals surface area (Å²) >= 11 is 0. The van der Waals surface area contributed by atoms with Crippen LogP contribution in [0.5, 0.6) is 0 Å². The minimum atomic E-state index is -1.07. The highest BCUT2D eigenvalue weighted by molar-refractivity contribution is 6.15. The van der Waals surface area contributed by atoms with Gasteiger partial charge in [0.2, 0.25) is 5.91 Å². The van der Waals surface area contributed by atoms with Crippen LogP contribution in [-0.4, -0.2) is 33.5 Å². The summed E-state index contributed by atoms with van der Waals surface area (Å²) in [5.41, 5.74) is 2.53. The predicted molar refractivity (Wildman–Crippen MR) is 118 cm³/mol. The second-order valence-electron chi connectivity index (χ2n) is 7.59. The third-order valence-electron chi connectivity index (χ3n) is 5.37. The fraction of sp³-hybridized carbons (Fsp3) is 0.273. The summed E-state index contributed by atoms with van der Waals surface area (Å²) in [6, 6.07) is 8.72. The lowest BCUT2D eigenvalue weighted by molar-refractivity contribution is -0.384. The number of aromatic carboxylic acids is 1. The van der Waals surface area contributed by atoms with Crippen LogP contribution in [0.4, 0.5) is 17.1 Å². The van der Waals surface area contributed by atoms with Crippen molar-refractivity contribution in [1.29, 1.82) is 0 Å². The first kappa shape index (κ1) is 22.6. The zero-order valence-corrected chi connectivity index (χ0v) is 17.8. The van der Waals surface area contributed by atoms with Gasteiger partial charge in [0.15, 0.2) is 0 Å². The molecule has 10 nitrogen and oxygen atoms in total. The molecule has 32 heavy (non-hydrogen) atoms. The highest BCUT2D eigenvalue weighted by Gasteiger charge is 2.34. The van der Waals surface area contributed by atoms with E-state index >= 15 is 0 Å². The summed E-state index contributed by atoms with van der Waals surface area (Å²) in [6.45, 7) is 5.23. The van der Waals surface area contributed by atoms with Crippen molar-refractivity contribution in [3.63, 3.8) is 0 Å². The average molecular weight is 438 g/mol. The van der Waals surface area contributed by atoms with Gasteiger partial charge in [0.1, 0.15) is 5.69 Å². The van der Waals surface area contributed by atoms with Crippen LogP contribution in [0.3, 0.4) is 0 Å². The predicted octanol–water partition coefficient (Wildman–Crippen LogP) is 3.67. The number of nitro groups is 1. The van der Waals surface area contributed by atoms with Gasteiger partial charge in [-0.2, -0.15) is 5.10 Å². The normalized spacial score (nSPS) is 15.5. The van der Waals surface area contributed by atoms with Crippen LogP contribution in [0.2, 0.25) is 0 Å². The second-order valence-corrected chi connectivity index (χ2v) is 7.59. The van der Waals surface area contributed by atoms with Gasteiger partial charge < -0.3 is 10.4 Å². The van der Waals surface area contributed by atoms with Crippen LogP contribution in [0.25, 0.3) is 0 Å². The van der Waals surface area contributed by atoms with E-state index in [-0.39, 0.29) is 35.7 Å². The van der Waals surface area contributed by atoms with E-state index in [1.165, 1.54) is 35.3 Å². The molecule has 2 N–H and O–H groups in total. The van der Waals surface area contributed by atoms with Gasteiger partial charge in [-0.1, -0.05) is 0 Å². The SMILES string of the molecule is CC1=NN(c2ccc(C(=O)O)cc2)C(=O)C1CCC(=O)Nc1cc(C)c(C)cc1[N+](=O)[O-].